The first-order valence-corrected chi connectivity index (χ1v) is 6.70. The zero-order chi connectivity index (χ0) is 15.1. The molecule has 1 aromatic heterocycles. The Kier molecular flexibility index (Phi) is 5.48. The zero-order valence-corrected chi connectivity index (χ0v) is 12.2. The van der Waals surface area contributed by atoms with Gasteiger partial charge in [0.2, 0.25) is 0 Å². The molecule has 0 atom stereocenters. The van der Waals surface area contributed by atoms with Crippen LogP contribution in [-0.2, 0) is 4.74 Å². The van der Waals surface area contributed by atoms with E-state index in [1.807, 2.05) is 12.1 Å². The summed E-state index contributed by atoms with van der Waals surface area (Å²) in [6, 6.07) is 10.5. The molecular weight excluding hydrogens is 292 g/mol. The van der Waals surface area contributed by atoms with Crippen molar-refractivity contribution in [1.29, 1.82) is 0 Å². The number of methoxy groups -OCH3 is 1. The molecule has 0 saturated heterocycles. The van der Waals surface area contributed by atoms with E-state index >= 15 is 0 Å². The van der Waals surface area contributed by atoms with Gasteiger partial charge in [0.25, 0.3) is 5.91 Å². The second-order valence-electron chi connectivity index (χ2n) is 4.18. The second kappa shape index (κ2) is 7.56. The van der Waals surface area contributed by atoms with Crippen molar-refractivity contribution < 1.29 is 9.53 Å². The first kappa shape index (κ1) is 15.2. The summed E-state index contributed by atoms with van der Waals surface area (Å²) in [5.74, 6) is 0.267. The van der Waals surface area contributed by atoms with Crippen molar-refractivity contribution in [2.75, 3.05) is 25.6 Å². The average Bonchev–Trinajstić information content (AvgIpc) is 2.50. The lowest BCUT2D eigenvalue weighted by atomic mass is 10.3. The van der Waals surface area contributed by atoms with Crippen LogP contribution >= 0.6 is 11.6 Å². The number of nitrogens with one attached hydrogen (secondary N) is 2. The minimum atomic E-state index is -0.280. The van der Waals surface area contributed by atoms with E-state index in [9.17, 15) is 4.79 Å². The molecule has 1 heterocycles. The van der Waals surface area contributed by atoms with Crippen molar-refractivity contribution in [1.82, 2.24) is 15.5 Å². The third-order valence-electron chi connectivity index (χ3n) is 2.61. The maximum absolute atomic E-state index is 11.7. The summed E-state index contributed by atoms with van der Waals surface area (Å²) < 4.78 is 4.85. The lowest BCUT2D eigenvalue weighted by molar-refractivity contribution is 0.0931. The summed E-state index contributed by atoms with van der Waals surface area (Å²) in [5, 5.41) is 14.2. The molecule has 2 rings (SSSR count). The fourth-order valence-electron chi connectivity index (χ4n) is 1.56. The molecule has 6 nitrogen and oxygen atoms in total. The molecule has 1 amide bonds. The van der Waals surface area contributed by atoms with E-state index in [2.05, 4.69) is 20.8 Å². The van der Waals surface area contributed by atoms with Gasteiger partial charge in [0.1, 0.15) is 0 Å². The van der Waals surface area contributed by atoms with Crippen LogP contribution in [0.15, 0.2) is 36.4 Å². The number of halogens is 1. The molecule has 0 bridgehead atoms. The first-order valence-electron chi connectivity index (χ1n) is 6.32. The molecular formula is C14H15ClN4O2. The van der Waals surface area contributed by atoms with Gasteiger partial charge in [-0.05, 0) is 36.4 Å². The van der Waals surface area contributed by atoms with Crippen LogP contribution in [0.25, 0.3) is 0 Å². The van der Waals surface area contributed by atoms with Crippen LogP contribution in [0.1, 0.15) is 10.5 Å². The van der Waals surface area contributed by atoms with E-state index in [0.29, 0.717) is 24.0 Å². The molecule has 0 fully saturated rings. The first-order chi connectivity index (χ1) is 10.2. The summed E-state index contributed by atoms with van der Waals surface area (Å²) in [6.45, 7) is 0.886. The summed E-state index contributed by atoms with van der Waals surface area (Å²) in [4.78, 5) is 11.7. The minimum absolute atomic E-state index is 0.257. The van der Waals surface area contributed by atoms with Gasteiger partial charge < -0.3 is 15.4 Å². The van der Waals surface area contributed by atoms with Gasteiger partial charge in [0, 0.05) is 24.4 Å². The molecule has 1 aromatic carbocycles. The Balaban J connectivity index is 1.95. The molecule has 7 heteroatoms. The molecule has 110 valence electrons. The van der Waals surface area contributed by atoms with Gasteiger partial charge in [-0.15, -0.1) is 10.2 Å². The molecule has 0 spiro atoms. The number of anilines is 2. The quantitative estimate of drug-likeness (QED) is 0.801. The Labute approximate surface area is 127 Å². The number of hydrogen-bond acceptors (Lipinski definition) is 5. The lowest BCUT2D eigenvalue weighted by Gasteiger charge is -2.06. The SMILES string of the molecule is COCCNC(=O)c1ccc(Nc2ccc(Cl)cc2)nn1. The Bertz CT molecular complexity index is 587. The van der Waals surface area contributed by atoms with Gasteiger partial charge in [-0.1, -0.05) is 11.6 Å². The lowest BCUT2D eigenvalue weighted by Crippen LogP contribution is -2.27. The molecule has 0 unspecified atom stereocenters. The fraction of sp³-hybridized carbons (Fsp3) is 0.214. The van der Waals surface area contributed by atoms with Gasteiger partial charge in [-0.2, -0.15) is 0 Å². The Morgan fingerprint density at radius 3 is 2.57 bits per heavy atom. The maximum atomic E-state index is 11.7. The summed E-state index contributed by atoms with van der Waals surface area (Å²) >= 11 is 5.81. The van der Waals surface area contributed by atoms with Crippen LogP contribution < -0.4 is 10.6 Å². The van der Waals surface area contributed by atoms with Crippen molar-refractivity contribution in [3.63, 3.8) is 0 Å². The highest BCUT2D eigenvalue weighted by atomic mass is 35.5. The van der Waals surface area contributed by atoms with Gasteiger partial charge in [0.15, 0.2) is 11.5 Å². The molecule has 0 aliphatic heterocycles. The number of nitrogens with zero attached hydrogens (tertiary/aromatic N) is 2. The topological polar surface area (TPSA) is 76.1 Å². The zero-order valence-electron chi connectivity index (χ0n) is 11.5. The highest BCUT2D eigenvalue weighted by Gasteiger charge is 2.07. The van der Waals surface area contributed by atoms with E-state index in [-0.39, 0.29) is 11.6 Å². The van der Waals surface area contributed by atoms with Crippen molar-refractivity contribution in [3.05, 3.63) is 47.1 Å². The largest absolute Gasteiger partial charge is 0.383 e. The van der Waals surface area contributed by atoms with E-state index in [0.717, 1.165) is 5.69 Å². The molecule has 0 aliphatic rings. The normalized spacial score (nSPS) is 10.2. The monoisotopic (exact) mass is 306 g/mol. The fourth-order valence-corrected chi connectivity index (χ4v) is 1.68. The number of carbonyl (C=O) groups excluding carboxylic acids is 1. The van der Waals surface area contributed by atoms with Crippen LogP contribution in [0.4, 0.5) is 11.5 Å². The van der Waals surface area contributed by atoms with Gasteiger partial charge in [-0.25, -0.2) is 0 Å². The van der Waals surface area contributed by atoms with Crippen LogP contribution in [0.3, 0.4) is 0 Å². The average molecular weight is 307 g/mol. The van der Waals surface area contributed by atoms with E-state index < -0.39 is 0 Å². The molecule has 2 aromatic rings. The number of carbonyl (C=O) groups is 1. The summed E-state index contributed by atoms with van der Waals surface area (Å²) in [6.07, 6.45) is 0. The second-order valence-corrected chi connectivity index (χ2v) is 4.62. The molecule has 2 N–H and O–H groups in total. The maximum Gasteiger partial charge on any atom is 0.271 e. The summed E-state index contributed by atoms with van der Waals surface area (Å²) in [5.41, 5.74) is 1.10. The van der Waals surface area contributed by atoms with Crippen LogP contribution in [-0.4, -0.2) is 36.4 Å². The third-order valence-corrected chi connectivity index (χ3v) is 2.86. The molecule has 21 heavy (non-hydrogen) atoms. The van der Waals surface area contributed by atoms with Gasteiger partial charge in [-0.3, -0.25) is 4.79 Å². The summed E-state index contributed by atoms with van der Waals surface area (Å²) in [7, 11) is 1.57. The predicted molar refractivity (Wildman–Crippen MR) is 81.0 cm³/mol. The Morgan fingerprint density at radius 2 is 1.95 bits per heavy atom. The number of hydrogen-bond donors (Lipinski definition) is 2. The van der Waals surface area contributed by atoms with Gasteiger partial charge in [0.05, 0.1) is 6.61 Å². The third kappa shape index (κ3) is 4.70. The number of ether oxygens (including phenoxy) is 1. The van der Waals surface area contributed by atoms with Crippen molar-refractivity contribution >= 4 is 29.0 Å². The Hall–Kier alpha value is -2.18. The van der Waals surface area contributed by atoms with Crippen LogP contribution in [0, 0.1) is 0 Å². The molecule has 0 aliphatic carbocycles. The van der Waals surface area contributed by atoms with Crippen molar-refractivity contribution in [2.45, 2.75) is 0 Å². The molecule has 0 radical (unpaired) electrons. The number of amides is 1. The smallest absolute Gasteiger partial charge is 0.271 e. The van der Waals surface area contributed by atoms with Crippen molar-refractivity contribution in [2.24, 2.45) is 0 Å². The Morgan fingerprint density at radius 1 is 1.19 bits per heavy atom. The minimum Gasteiger partial charge on any atom is -0.383 e. The van der Waals surface area contributed by atoms with E-state index in [4.69, 9.17) is 16.3 Å². The van der Waals surface area contributed by atoms with E-state index in [1.165, 1.54) is 0 Å². The number of rotatable bonds is 6. The van der Waals surface area contributed by atoms with E-state index in [1.54, 1.807) is 31.4 Å². The number of aromatic nitrogens is 2. The standard InChI is InChI=1S/C14H15ClN4O2/c1-21-9-8-16-14(20)12-6-7-13(19-18-12)17-11-4-2-10(15)3-5-11/h2-7H,8-9H2,1H3,(H,16,20)(H,17,19). The van der Waals surface area contributed by atoms with Crippen molar-refractivity contribution in [3.8, 4) is 0 Å². The predicted octanol–water partition coefficient (Wildman–Crippen LogP) is 2.25. The van der Waals surface area contributed by atoms with Gasteiger partial charge >= 0.3 is 0 Å². The molecule has 0 saturated carbocycles. The van der Waals surface area contributed by atoms with Crippen LogP contribution in [0.2, 0.25) is 5.02 Å². The highest BCUT2D eigenvalue weighted by molar-refractivity contribution is 6.30. The van der Waals surface area contributed by atoms with Crippen LogP contribution in [0.5, 0.6) is 0 Å². The highest BCUT2D eigenvalue weighted by Crippen LogP contribution is 2.17. The number of benzene rings is 1.